The summed E-state index contributed by atoms with van der Waals surface area (Å²) >= 11 is 0. The van der Waals surface area contributed by atoms with Crippen LogP contribution in [0.25, 0.3) is 0 Å². The zero-order valence-electron chi connectivity index (χ0n) is 17.4. The van der Waals surface area contributed by atoms with Crippen molar-refractivity contribution in [3.63, 3.8) is 0 Å². The third-order valence-corrected chi connectivity index (χ3v) is 4.49. The minimum atomic E-state index is -0.162. The van der Waals surface area contributed by atoms with Gasteiger partial charge in [-0.25, -0.2) is 0 Å². The van der Waals surface area contributed by atoms with Gasteiger partial charge in [-0.2, -0.15) is 0 Å². The molecule has 0 atom stereocenters. The lowest BCUT2D eigenvalue weighted by Gasteiger charge is -2.25. The smallest absolute Gasteiger partial charge is 0.245 e. The highest BCUT2D eigenvalue weighted by Crippen LogP contribution is 2.06. The molecule has 29 heavy (non-hydrogen) atoms. The molecule has 0 spiro atoms. The molecule has 0 aliphatic heterocycles. The molecule has 6 heteroatoms. The van der Waals surface area contributed by atoms with Crippen molar-refractivity contribution in [2.45, 2.75) is 44.9 Å². The summed E-state index contributed by atoms with van der Waals surface area (Å²) in [5.41, 5.74) is 0. The molecule has 0 unspecified atom stereocenters. The fourth-order valence-corrected chi connectivity index (χ4v) is 2.78. The monoisotopic (exact) mass is 402 g/mol. The largest absolute Gasteiger partial charge is 0.339 e. The minimum Gasteiger partial charge on any atom is -0.339 e. The van der Waals surface area contributed by atoms with Crippen LogP contribution in [0.1, 0.15) is 44.9 Å². The van der Waals surface area contributed by atoms with Crippen LogP contribution >= 0.6 is 0 Å². The van der Waals surface area contributed by atoms with Gasteiger partial charge in [0.2, 0.25) is 11.8 Å². The van der Waals surface area contributed by atoms with Crippen molar-refractivity contribution in [2.24, 2.45) is 0 Å². The summed E-state index contributed by atoms with van der Waals surface area (Å²) in [6, 6.07) is 0. The maximum Gasteiger partial charge on any atom is 0.245 e. The second kappa shape index (κ2) is 16.2. The number of nitrogens with zero attached hydrogens (tertiary/aromatic N) is 2. The van der Waals surface area contributed by atoms with E-state index in [0.717, 1.165) is 0 Å². The summed E-state index contributed by atoms with van der Waals surface area (Å²) in [4.78, 5) is 50.0. The van der Waals surface area contributed by atoms with E-state index in [1.54, 1.807) is 9.80 Å². The van der Waals surface area contributed by atoms with Crippen LogP contribution in [0.5, 0.6) is 0 Å². The molecule has 0 heterocycles. The average Bonchev–Trinajstić information content (AvgIpc) is 2.74. The van der Waals surface area contributed by atoms with E-state index < -0.39 is 0 Å². The number of rotatable bonds is 18. The molecule has 0 N–H and O–H groups in total. The molecule has 0 aromatic heterocycles. The van der Waals surface area contributed by atoms with Crippen LogP contribution in [0.2, 0.25) is 0 Å². The van der Waals surface area contributed by atoms with Crippen LogP contribution in [-0.4, -0.2) is 59.4 Å². The highest BCUT2D eigenvalue weighted by molar-refractivity contribution is 5.89. The summed E-state index contributed by atoms with van der Waals surface area (Å²) in [5.74, 6) is -0.325. The van der Waals surface area contributed by atoms with Crippen LogP contribution in [0.3, 0.4) is 0 Å². The van der Waals surface area contributed by atoms with E-state index in [0.29, 0.717) is 71.1 Å². The number of allylic oxidation sites excluding steroid dienone is 2. The second-order valence-electron chi connectivity index (χ2n) is 6.67. The Labute approximate surface area is 174 Å². The average molecular weight is 403 g/mol. The van der Waals surface area contributed by atoms with Crippen molar-refractivity contribution in [3.05, 3.63) is 50.6 Å². The van der Waals surface area contributed by atoms with Crippen molar-refractivity contribution in [3.8, 4) is 0 Å². The summed E-state index contributed by atoms with van der Waals surface area (Å²) in [6.07, 6.45) is 9.46. The first-order chi connectivity index (χ1) is 13.9. The minimum absolute atomic E-state index is 0.0000307. The first kappa shape index (κ1) is 26.2. The van der Waals surface area contributed by atoms with E-state index in [2.05, 4.69) is 26.3 Å². The van der Waals surface area contributed by atoms with Crippen molar-refractivity contribution in [2.75, 3.05) is 26.2 Å². The predicted octanol–water partition coefficient (Wildman–Crippen LogP) is 3.26. The molecule has 160 valence electrons. The maximum atomic E-state index is 12.1. The molecule has 0 bridgehead atoms. The summed E-state index contributed by atoms with van der Waals surface area (Å²) in [6.45, 7) is 16.0. The quantitative estimate of drug-likeness (QED) is 0.260. The second-order valence-corrected chi connectivity index (χ2v) is 6.67. The fourth-order valence-electron chi connectivity index (χ4n) is 2.78. The van der Waals surface area contributed by atoms with Crippen LogP contribution in [0.15, 0.2) is 50.6 Å². The number of ketones is 2. The van der Waals surface area contributed by atoms with Gasteiger partial charge in [0.25, 0.3) is 0 Å². The van der Waals surface area contributed by atoms with Gasteiger partial charge in [-0.05, 0) is 56.4 Å². The standard InChI is InChI=1S/C23H34N2O4/c1-5-20(26)14-9-11-16-24(22(28)7-3)18-13-19-25(23(29)8-4)17-12-10-15-21(27)6-2/h5-8H,1-4,9-19H2. The summed E-state index contributed by atoms with van der Waals surface area (Å²) in [7, 11) is 0. The molecule has 0 aliphatic rings. The summed E-state index contributed by atoms with van der Waals surface area (Å²) in [5, 5.41) is 0. The lowest BCUT2D eigenvalue weighted by atomic mass is 10.1. The zero-order chi connectivity index (χ0) is 22.1. The van der Waals surface area contributed by atoms with Gasteiger partial charge in [-0.3, -0.25) is 19.2 Å². The molecule has 0 rings (SSSR count). The van der Waals surface area contributed by atoms with Crippen LogP contribution < -0.4 is 0 Å². The van der Waals surface area contributed by atoms with Gasteiger partial charge in [0.15, 0.2) is 11.6 Å². The molecule has 0 saturated heterocycles. The van der Waals surface area contributed by atoms with Gasteiger partial charge in [0.05, 0.1) is 0 Å². The Morgan fingerprint density at radius 1 is 0.517 bits per heavy atom. The summed E-state index contributed by atoms with van der Waals surface area (Å²) < 4.78 is 0. The van der Waals surface area contributed by atoms with Gasteiger partial charge >= 0.3 is 0 Å². The molecular weight excluding hydrogens is 368 g/mol. The highest BCUT2D eigenvalue weighted by Gasteiger charge is 2.13. The first-order valence-corrected chi connectivity index (χ1v) is 10.0. The third-order valence-electron chi connectivity index (χ3n) is 4.49. The molecule has 0 aromatic carbocycles. The van der Waals surface area contributed by atoms with E-state index in [-0.39, 0.29) is 23.4 Å². The number of carbonyl (C=O) groups is 4. The first-order valence-electron chi connectivity index (χ1n) is 10.0. The lowest BCUT2D eigenvalue weighted by Crippen LogP contribution is -2.36. The zero-order valence-corrected chi connectivity index (χ0v) is 17.4. The Morgan fingerprint density at radius 2 is 0.862 bits per heavy atom. The van der Waals surface area contributed by atoms with Gasteiger partial charge in [-0.15, -0.1) is 0 Å². The van der Waals surface area contributed by atoms with Crippen LogP contribution in [0.4, 0.5) is 0 Å². The molecule has 0 aromatic rings. The molecule has 0 radical (unpaired) electrons. The number of hydrogen-bond donors (Lipinski definition) is 0. The SMILES string of the molecule is C=CC(=O)CCCCN(CCCN(CCCCC(=O)C=C)C(=O)C=C)C(=O)C=C. The van der Waals surface area contributed by atoms with Gasteiger partial charge in [0, 0.05) is 39.0 Å². The van der Waals surface area contributed by atoms with Gasteiger partial charge < -0.3 is 9.80 Å². The van der Waals surface area contributed by atoms with Crippen molar-refractivity contribution in [1.82, 2.24) is 9.80 Å². The number of amides is 2. The van der Waals surface area contributed by atoms with Gasteiger partial charge in [0.1, 0.15) is 0 Å². The van der Waals surface area contributed by atoms with Gasteiger partial charge in [-0.1, -0.05) is 26.3 Å². The Balaban J connectivity index is 4.48. The van der Waals surface area contributed by atoms with E-state index in [4.69, 9.17) is 0 Å². The topological polar surface area (TPSA) is 74.8 Å². The number of carbonyl (C=O) groups excluding carboxylic acids is 4. The molecule has 6 nitrogen and oxygen atoms in total. The Kier molecular flexibility index (Phi) is 14.7. The van der Waals surface area contributed by atoms with E-state index in [1.165, 1.54) is 24.3 Å². The third kappa shape index (κ3) is 12.3. The van der Waals surface area contributed by atoms with E-state index >= 15 is 0 Å². The predicted molar refractivity (Wildman–Crippen MR) is 116 cm³/mol. The highest BCUT2D eigenvalue weighted by atomic mass is 16.2. The number of hydrogen-bond acceptors (Lipinski definition) is 4. The lowest BCUT2D eigenvalue weighted by molar-refractivity contribution is -0.126. The van der Waals surface area contributed by atoms with Crippen molar-refractivity contribution >= 4 is 23.4 Å². The molecule has 0 aliphatic carbocycles. The maximum absolute atomic E-state index is 12.1. The Hall–Kier alpha value is -2.76. The van der Waals surface area contributed by atoms with Crippen molar-refractivity contribution in [1.29, 1.82) is 0 Å². The molecular formula is C23H34N2O4. The molecule has 0 saturated carbocycles. The van der Waals surface area contributed by atoms with Crippen LogP contribution in [-0.2, 0) is 19.2 Å². The fraction of sp³-hybridized carbons (Fsp3) is 0.478. The number of unbranched alkanes of at least 4 members (excludes halogenated alkanes) is 2. The van der Waals surface area contributed by atoms with Crippen molar-refractivity contribution < 1.29 is 19.2 Å². The van der Waals surface area contributed by atoms with Crippen LogP contribution in [0, 0.1) is 0 Å². The normalized spacial score (nSPS) is 9.93. The van der Waals surface area contributed by atoms with E-state index in [9.17, 15) is 19.2 Å². The van der Waals surface area contributed by atoms with E-state index in [1.807, 2.05) is 0 Å². The molecule has 2 amide bonds. The molecule has 0 fully saturated rings. The Bertz CT molecular complexity index is 558. The Morgan fingerprint density at radius 3 is 1.17 bits per heavy atom.